The third-order valence-electron chi connectivity index (χ3n) is 5.19. The molecule has 2 heterocycles. The van der Waals surface area contributed by atoms with Gasteiger partial charge in [-0.1, -0.05) is 12.1 Å². The molecule has 2 aliphatic heterocycles. The van der Waals surface area contributed by atoms with Gasteiger partial charge in [-0.2, -0.15) is 0 Å². The summed E-state index contributed by atoms with van der Waals surface area (Å²) in [4.78, 5) is 27.0. The second kappa shape index (κ2) is 8.06. The number of nitrogens with one attached hydrogen (secondary N) is 2. The van der Waals surface area contributed by atoms with E-state index in [0.29, 0.717) is 18.8 Å². The number of carbonyl (C=O) groups excluding carboxylic acids is 2. The van der Waals surface area contributed by atoms with E-state index in [4.69, 9.17) is 4.74 Å². The second-order valence-electron chi connectivity index (χ2n) is 7.14. The highest BCUT2D eigenvalue weighted by Gasteiger charge is 2.29. The summed E-state index contributed by atoms with van der Waals surface area (Å²) in [7, 11) is 0. The van der Waals surface area contributed by atoms with Gasteiger partial charge in [0.05, 0.1) is 18.2 Å². The van der Waals surface area contributed by atoms with Crippen molar-refractivity contribution >= 4 is 17.6 Å². The predicted molar refractivity (Wildman–Crippen MR) is 103 cm³/mol. The summed E-state index contributed by atoms with van der Waals surface area (Å²) in [5.41, 5.74) is 1.13. The standard InChI is InChI=1S/C21H21F2N3O3/c22-16-7-6-13(12-17(16)23)24-20(27)15-5-3-4-14-18(8-11-29-19(14)15)25-21(28)26-9-1-2-10-26/h3-7,12,18H,1-2,8-11H2,(H,24,27)(H,25,28)/t18-/m1/s1. The van der Waals surface area contributed by atoms with Gasteiger partial charge in [0, 0.05) is 36.8 Å². The highest BCUT2D eigenvalue weighted by atomic mass is 19.2. The highest BCUT2D eigenvalue weighted by molar-refractivity contribution is 6.06. The lowest BCUT2D eigenvalue weighted by Crippen LogP contribution is -2.41. The molecule has 2 aliphatic rings. The summed E-state index contributed by atoms with van der Waals surface area (Å²) >= 11 is 0. The fourth-order valence-electron chi connectivity index (χ4n) is 3.69. The van der Waals surface area contributed by atoms with Gasteiger partial charge in [-0.05, 0) is 31.0 Å². The summed E-state index contributed by atoms with van der Waals surface area (Å²) in [6, 6.07) is 7.90. The van der Waals surface area contributed by atoms with E-state index < -0.39 is 17.5 Å². The third kappa shape index (κ3) is 4.01. The molecule has 3 amide bonds. The molecule has 2 aromatic rings. The number of fused-ring (bicyclic) bond motifs is 1. The van der Waals surface area contributed by atoms with Gasteiger partial charge in [0.1, 0.15) is 5.75 Å². The zero-order valence-corrected chi connectivity index (χ0v) is 15.7. The van der Waals surface area contributed by atoms with Crippen molar-refractivity contribution in [3.63, 3.8) is 0 Å². The summed E-state index contributed by atoms with van der Waals surface area (Å²) in [6.45, 7) is 1.85. The van der Waals surface area contributed by atoms with Crippen LogP contribution in [0.25, 0.3) is 0 Å². The van der Waals surface area contributed by atoms with Crippen LogP contribution in [-0.4, -0.2) is 36.5 Å². The number of hydrogen-bond donors (Lipinski definition) is 2. The second-order valence-corrected chi connectivity index (χ2v) is 7.14. The van der Waals surface area contributed by atoms with Crippen LogP contribution in [0, 0.1) is 11.6 Å². The molecule has 0 aliphatic carbocycles. The molecule has 4 rings (SSSR count). The van der Waals surface area contributed by atoms with Crippen LogP contribution in [-0.2, 0) is 0 Å². The van der Waals surface area contributed by atoms with E-state index in [1.165, 1.54) is 6.07 Å². The van der Waals surface area contributed by atoms with Crippen LogP contribution in [0.3, 0.4) is 0 Å². The largest absolute Gasteiger partial charge is 0.492 e. The summed E-state index contributed by atoms with van der Waals surface area (Å²) in [6.07, 6.45) is 2.61. The Morgan fingerprint density at radius 2 is 1.86 bits per heavy atom. The van der Waals surface area contributed by atoms with Crippen molar-refractivity contribution in [3.05, 3.63) is 59.2 Å². The molecular weight excluding hydrogens is 380 g/mol. The fourth-order valence-corrected chi connectivity index (χ4v) is 3.69. The quantitative estimate of drug-likeness (QED) is 0.821. The first-order valence-electron chi connectivity index (χ1n) is 9.60. The van der Waals surface area contributed by atoms with Gasteiger partial charge in [0.15, 0.2) is 11.6 Å². The minimum absolute atomic E-state index is 0.114. The number of urea groups is 1. The molecule has 0 radical (unpaired) electrons. The normalized spacial score (nSPS) is 18.0. The molecule has 2 aromatic carbocycles. The molecule has 0 bridgehead atoms. The van der Waals surface area contributed by atoms with E-state index in [-0.39, 0.29) is 23.3 Å². The van der Waals surface area contributed by atoms with E-state index in [1.807, 2.05) is 6.07 Å². The molecule has 0 aromatic heterocycles. The van der Waals surface area contributed by atoms with Crippen LogP contribution in [0.15, 0.2) is 36.4 Å². The first kappa shape index (κ1) is 19.2. The van der Waals surface area contributed by atoms with Gasteiger partial charge < -0.3 is 20.3 Å². The van der Waals surface area contributed by atoms with Crippen molar-refractivity contribution in [3.8, 4) is 5.75 Å². The molecule has 0 saturated carbocycles. The van der Waals surface area contributed by atoms with Gasteiger partial charge >= 0.3 is 6.03 Å². The van der Waals surface area contributed by atoms with Gasteiger partial charge in [0.25, 0.3) is 5.91 Å². The van der Waals surface area contributed by atoms with Crippen molar-refractivity contribution in [2.45, 2.75) is 25.3 Å². The number of anilines is 1. The summed E-state index contributed by atoms with van der Waals surface area (Å²) in [5, 5.41) is 5.59. The Hall–Kier alpha value is -3.16. The molecule has 152 valence electrons. The predicted octanol–water partition coefficient (Wildman–Crippen LogP) is 3.85. The Balaban J connectivity index is 1.54. The molecule has 8 heteroatoms. The number of carbonyl (C=O) groups is 2. The number of amides is 3. The Labute approximate surface area is 166 Å². The van der Waals surface area contributed by atoms with Gasteiger partial charge in [0.2, 0.25) is 0 Å². The van der Waals surface area contributed by atoms with Crippen LogP contribution < -0.4 is 15.4 Å². The number of rotatable bonds is 3. The smallest absolute Gasteiger partial charge is 0.317 e. The average molecular weight is 401 g/mol. The number of para-hydroxylation sites is 1. The van der Waals surface area contributed by atoms with Crippen molar-refractivity contribution in [2.75, 3.05) is 25.0 Å². The van der Waals surface area contributed by atoms with Gasteiger partial charge in [-0.25, -0.2) is 13.6 Å². The average Bonchev–Trinajstić information content (AvgIpc) is 3.25. The molecule has 1 fully saturated rings. The highest BCUT2D eigenvalue weighted by Crippen LogP contribution is 2.35. The third-order valence-corrected chi connectivity index (χ3v) is 5.19. The van der Waals surface area contributed by atoms with E-state index in [0.717, 1.165) is 43.6 Å². The summed E-state index contributed by atoms with van der Waals surface area (Å²) < 4.78 is 32.2. The molecule has 0 unspecified atom stereocenters. The molecule has 0 spiro atoms. The summed E-state index contributed by atoms with van der Waals surface area (Å²) in [5.74, 6) is -2.14. The monoisotopic (exact) mass is 401 g/mol. The van der Waals surface area contributed by atoms with Crippen molar-refractivity contribution in [1.29, 1.82) is 0 Å². The Bertz CT molecular complexity index is 945. The molecule has 29 heavy (non-hydrogen) atoms. The lowest BCUT2D eigenvalue weighted by molar-refractivity contribution is 0.102. The molecule has 1 saturated heterocycles. The number of benzene rings is 2. The van der Waals surface area contributed by atoms with Crippen LogP contribution in [0.2, 0.25) is 0 Å². The fraction of sp³-hybridized carbons (Fsp3) is 0.333. The van der Waals surface area contributed by atoms with Crippen LogP contribution in [0.1, 0.15) is 41.2 Å². The van der Waals surface area contributed by atoms with E-state index in [1.54, 1.807) is 17.0 Å². The SMILES string of the molecule is O=C(Nc1ccc(F)c(F)c1)c1cccc2c1OCC[C@H]2NC(=O)N1CCCC1. The number of likely N-dealkylation sites (tertiary alicyclic amines) is 1. The van der Waals surface area contributed by atoms with Crippen molar-refractivity contribution in [1.82, 2.24) is 10.2 Å². The minimum Gasteiger partial charge on any atom is -0.492 e. The van der Waals surface area contributed by atoms with Crippen molar-refractivity contribution in [2.24, 2.45) is 0 Å². The molecular formula is C21H21F2N3O3. The maximum Gasteiger partial charge on any atom is 0.317 e. The van der Waals surface area contributed by atoms with Crippen LogP contribution >= 0.6 is 0 Å². The van der Waals surface area contributed by atoms with Crippen molar-refractivity contribution < 1.29 is 23.1 Å². The van der Waals surface area contributed by atoms with Gasteiger partial charge in [-0.15, -0.1) is 0 Å². The Morgan fingerprint density at radius 1 is 1.07 bits per heavy atom. The number of halogens is 2. The van der Waals surface area contributed by atoms with Crippen LogP contribution in [0.4, 0.5) is 19.3 Å². The Kier molecular flexibility index (Phi) is 5.33. The van der Waals surface area contributed by atoms with E-state index in [9.17, 15) is 18.4 Å². The maximum absolute atomic E-state index is 13.4. The number of ether oxygens (including phenoxy) is 1. The number of nitrogens with zero attached hydrogens (tertiary/aromatic N) is 1. The minimum atomic E-state index is -1.04. The first-order chi connectivity index (χ1) is 14.0. The lowest BCUT2D eigenvalue weighted by Gasteiger charge is -2.29. The van der Waals surface area contributed by atoms with Crippen LogP contribution in [0.5, 0.6) is 5.75 Å². The first-order valence-corrected chi connectivity index (χ1v) is 9.60. The molecule has 2 N–H and O–H groups in total. The maximum atomic E-state index is 13.4. The number of hydrogen-bond acceptors (Lipinski definition) is 3. The van der Waals surface area contributed by atoms with Gasteiger partial charge in [-0.3, -0.25) is 4.79 Å². The van der Waals surface area contributed by atoms with E-state index >= 15 is 0 Å². The molecule has 1 atom stereocenters. The topological polar surface area (TPSA) is 70.7 Å². The Morgan fingerprint density at radius 3 is 2.62 bits per heavy atom. The lowest BCUT2D eigenvalue weighted by atomic mass is 9.97. The zero-order valence-electron chi connectivity index (χ0n) is 15.7. The van der Waals surface area contributed by atoms with E-state index in [2.05, 4.69) is 10.6 Å². The molecule has 6 nitrogen and oxygen atoms in total. The zero-order chi connectivity index (χ0) is 20.4.